The van der Waals surface area contributed by atoms with Gasteiger partial charge >= 0.3 is 35.0 Å². The summed E-state index contributed by atoms with van der Waals surface area (Å²) in [5.74, 6) is 0. The molecule has 1 aromatic heterocycles. The Bertz CT molecular complexity index is 1570. The van der Waals surface area contributed by atoms with Crippen molar-refractivity contribution in [1.29, 1.82) is 0 Å². The summed E-state index contributed by atoms with van der Waals surface area (Å²) in [7, 11) is 0.856. The molecule has 238 valence electrons. The first kappa shape index (κ1) is 36.0. The molecule has 0 aliphatic carbocycles. The van der Waals surface area contributed by atoms with E-state index in [1.165, 1.54) is 21.2 Å². The summed E-state index contributed by atoms with van der Waals surface area (Å²) in [6.07, 6.45) is 0. The molecule has 45 heavy (non-hydrogen) atoms. The van der Waals surface area contributed by atoms with Crippen LogP contribution >= 0.6 is 33.2 Å². The Kier molecular flexibility index (Phi) is 12.7. The van der Waals surface area contributed by atoms with Crippen LogP contribution in [-0.2, 0) is 15.9 Å². The minimum absolute atomic E-state index is 0.106. The van der Waals surface area contributed by atoms with Gasteiger partial charge in [-0.05, 0) is 12.1 Å². The van der Waals surface area contributed by atoms with Gasteiger partial charge in [0, 0.05) is 21.2 Å². The van der Waals surface area contributed by atoms with E-state index in [1.54, 1.807) is 0 Å². The van der Waals surface area contributed by atoms with E-state index in [2.05, 4.69) is 179 Å². The molecule has 5 rings (SSSR count). The van der Waals surface area contributed by atoms with Crippen molar-refractivity contribution in [1.82, 2.24) is 4.98 Å². The number of nitrogens with zero attached hydrogens (tertiary/aromatic N) is 3. The van der Waals surface area contributed by atoms with Crippen molar-refractivity contribution < 1.29 is 15.9 Å². The Hall–Kier alpha value is -1.83. The summed E-state index contributed by atoms with van der Waals surface area (Å²) in [5.41, 5.74) is 2.11. The molecule has 0 bridgehead atoms. The average Bonchev–Trinajstić information content (AvgIpc) is 3.04. The molecule has 0 atom stereocenters. The molecule has 4 aromatic carbocycles. The molecule has 0 radical (unpaired) electrons. The second-order valence-corrected chi connectivity index (χ2v) is 30.7. The van der Waals surface area contributed by atoms with Crippen molar-refractivity contribution in [2.75, 3.05) is 0 Å². The molecule has 0 spiro atoms. The zero-order valence-corrected chi connectivity index (χ0v) is 33.4. The van der Waals surface area contributed by atoms with Gasteiger partial charge in [0.05, 0.1) is 25.0 Å². The van der Waals surface area contributed by atoms with E-state index in [4.69, 9.17) is 32.9 Å². The molecule has 1 heterocycles. The zero-order valence-electron chi connectivity index (χ0n) is 26.6. The predicted octanol–water partition coefficient (Wildman–Crippen LogP) is 9.08. The third-order valence-corrected chi connectivity index (χ3v) is 20.0. The van der Waals surface area contributed by atoms with E-state index in [0.717, 1.165) is 10.9 Å². The van der Waals surface area contributed by atoms with Crippen LogP contribution in [0.4, 0.5) is 0 Å². The number of hydrogen-bond acceptors (Lipinski definition) is 3. The van der Waals surface area contributed by atoms with Gasteiger partial charge in [-0.3, -0.25) is 0 Å². The SMILES string of the molecule is C[Si](C)(C)N=P(c1ccccc1)(c1ccccc1)c1cccc(P(=N[Si](C)(C)C)(c2ccccc2)c2ccccc2)n1.[Cl][Pd][Cl]. The van der Waals surface area contributed by atoms with Crippen LogP contribution in [0.25, 0.3) is 0 Å². The molecular formula is C35H41Cl2N3P2PdSi2. The third-order valence-electron chi connectivity index (χ3n) is 6.80. The first-order valence-corrected chi connectivity index (χ1v) is 29.1. The summed E-state index contributed by atoms with van der Waals surface area (Å²) in [5, 5.41) is 4.98. The summed E-state index contributed by atoms with van der Waals surface area (Å²) in [4.78, 5) is 5.75. The van der Waals surface area contributed by atoms with Crippen LogP contribution in [0.3, 0.4) is 0 Å². The Morgan fingerprint density at radius 2 is 0.689 bits per heavy atom. The van der Waals surface area contributed by atoms with Crippen LogP contribution in [0.1, 0.15) is 0 Å². The van der Waals surface area contributed by atoms with Gasteiger partial charge in [0.25, 0.3) is 0 Å². The fourth-order valence-corrected chi connectivity index (χ4v) is 20.5. The van der Waals surface area contributed by atoms with Gasteiger partial charge in [-0.1, -0.05) is 167 Å². The van der Waals surface area contributed by atoms with Crippen LogP contribution in [0.2, 0.25) is 39.3 Å². The van der Waals surface area contributed by atoms with Crippen LogP contribution in [0, 0.1) is 0 Å². The fraction of sp³-hybridized carbons (Fsp3) is 0.171. The predicted molar refractivity (Wildman–Crippen MR) is 205 cm³/mol. The second-order valence-electron chi connectivity index (χ2n) is 12.6. The molecule has 0 N–H and O–H groups in total. The molecule has 0 saturated heterocycles. The molecule has 10 heteroatoms. The van der Waals surface area contributed by atoms with Crippen molar-refractivity contribution in [3.8, 4) is 0 Å². The summed E-state index contributed by atoms with van der Waals surface area (Å²) in [6.45, 7) is 14.0. The average molecular weight is 799 g/mol. The number of pyridine rings is 1. The van der Waals surface area contributed by atoms with E-state index in [9.17, 15) is 0 Å². The van der Waals surface area contributed by atoms with E-state index < -0.39 is 30.6 Å². The molecule has 0 unspecified atom stereocenters. The first-order valence-electron chi connectivity index (χ1n) is 14.8. The Balaban J connectivity index is 0.00000148. The number of hydrogen-bond donors (Lipinski definition) is 0. The summed E-state index contributed by atoms with van der Waals surface area (Å²) in [6, 6.07) is 50.2. The van der Waals surface area contributed by atoms with Gasteiger partial charge in [-0.2, -0.15) is 0 Å². The van der Waals surface area contributed by atoms with Crippen LogP contribution in [0.5, 0.6) is 0 Å². The molecule has 0 fully saturated rings. The van der Waals surface area contributed by atoms with Gasteiger partial charge in [0.2, 0.25) is 0 Å². The van der Waals surface area contributed by atoms with Crippen LogP contribution in [-0.4, -0.2) is 21.5 Å². The number of benzene rings is 4. The van der Waals surface area contributed by atoms with E-state index in [-0.39, 0.29) is 15.9 Å². The molecule has 0 aliphatic heterocycles. The van der Waals surface area contributed by atoms with E-state index in [1.807, 2.05) is 0 Å². The maximum absolute atomic E-state index is 5.87. The quantitative estimate of drug-likeness (QED) is 0.114. The Morgan fingerprint density at radius 1 is 0.444 bits per heavy atom. The molecule has 3 nitrogen and oxygen atoms in total. The van der Waals surface area contributed by atoms with Crippen molar-refractivity contribution in [3.63, 3.8) is 0 Å². The van der Waals surface area contributed by atoms with Gasteiger partial charge < -0.3 is 8.82 Å². The molecule has 0 amide bonds. The zero-order chi connectivity index (χ0) is 32.6. The summed E-state index contributed by atoms with van der Waals surface area (Å²) < 4.78 is 11.7. The third kappa shape index (κ3) is 8.75. The van der Waals surface area contributed by atoms with Crippen LogP contribution < -0.4 is 32.1 Å². The van der Waals surface area contributed by atoms with Gasteiger partial charge in [0.15, 0.2) is 16.5 Å². The Morgan fingerprint density at radius 3 is 0.911 bits per heavy atom. The van der Waals surface area contributed by atoms with Crippen LogP contribution in [0.15, 0.2) is 148 Å². The van der Waals surface area contributed by atoms with Crippen molar-refractivity contribution in [3.05, 3.63) is 140 Å². The maximum atomic E-state index is 5.87. The van der Waals surface area contributed by atoms with Gasteiger partial charge in [-0.25, -0.2) is 4.98 Å². The number of halogens is 2. The standard InChI is InChI=1S/C35H41N3P2Si2.2ClH.Pd/c1-41(2,3)37-39(30-20-11-7-12-21-30,31-22-13-8-14-23-31)34-28-19-29-35(36-34)40(38-42(4,5)6,32-24-15-9-16-25-32)33-26-17-10-18-27-33;;;/h7-29H,1-6H3;2*1H;/q;;;+2/p-2. The van der Waals surface area contributed by atoms with Crippen molar-refractivity contribution in [2.24, 2.45) is 8.82 Å². The molecular weight excluding hydrogens is 758 g/mol. The number of aromatic nitrogens is 1. The van der Waals surface area contributed by atoms with E-state index in [0.29, 0.717) is 0 Å². The van der Waals surface area contributed by atoms with Crippen molar-refractivity contribution in [2.45, 2.75) is 39.3 Å². The topological polar surface area (TPSA) is 37.6 Å². The summed E-state index contributed by atoms with van der Waals surface area (Å²) >= 11 is -0.106. The second kappa shape index (κ2) is 15.8. The monoisotopic (exact) mass is 797 g/mol. The van der Waals surface area contributed by atoms with Crippen molar-refractivity contribution >= 4 is 81.7 Å². The normalized spacial score (nSPS) is 12.2. The van der Waals surface area contributed by atoms with Gasteiger partial charge in [-0.15, -0.1) is 0 Å². The number of rotatable bonds is 8. The van der Waals surface area contributed by atoms with Gasteiger partial charge in [0.1, 0.15) is 0 Å². The molecule has 5 aromatic rings. The molecule has 0 aliphatic rings. The van der Waals surface area contributed by atoms with E-state index >= 15 is 0 Å². The fourth-order valence-electron chi connectivity index (χ4n) is 5.41. The Labute approximate surface area is 288 Å². The molecule has 0 saturated carbocycles. The minimum atomic E-state index is -2.44. The first-order chi connectivity index (χ1) is 21.5.